The minimum atomic E-state index is -4.26. The maximum absolute atomic E-state index is 12.7. The molecule has 20 heavy (non-hydrogen) atoms. The molecule has 0 saturated heterocycles. The van der Waals surface area contributed by atoms with Crippen molar-refractivity contribution in [1.82, 2.24) is 9.97 Å². The van der Waals surface area contributed by atoms with Crippen LogP contribution in [0.3, 0.4) is 0 Å². The predicted octanol–water partition coefficient (Wildman–Crippen LogP) is 2.25. The average molecular weight is 289 g/mol. The van der Waals surface area contributed by atoms with Gasteiger partial charge in [-0.2, -0.15) is 13.2 Å². The number of anilines is 2. The van der Waals surface area contributed by atoms with Crippen molar-refractivity contribution in [2.75, 3.05) is 16.9 Å². The molecular formula is C12H18F3N5. The molecular weight excluding hydrogens is 271 g/mol. The van der Waals surface area contributed by atoms with Crippen LogP contribution < -0.4 is 16.2 Å². The van der Waals surface area contributed by atoms with Crippen LogP contribution in [0.5, 0.6) is 0 Å². The van der Waals surface area contributed by atoms with Gasteiger partial charge in [-0.1, -0.05) is 6.92 Å². The molecule has 5 nitrogen and oxygen atoms in total. The van der Waals surface area contributed by atoms with Gasteiger partial charge < -0.3 is 10.3 Å². The molecule has 0 radical (unpaired) electrons. The Bertz CT molecular complexity index is 459. The van der Waals surface area contributed by atoms with Crippen molar-refractivity contribution in [1.29, 1.82) is 0 Å². The van der Waals surface area contributed by atoms with Crippen LogP contribution in [-0.4, -0.2) is 28.7 Å². The van der Waals surface area contributed by atoms with E-state index in [2.05, 4.69) is 15.4 Å². The van der Waals surface area contributed by atoms with Gasteiger partial charge in [0.15, 0.2) is 0 Å². The van der Waals surface area contributed by atoms with E-state index in [1.807, 2.05) is 6.92 Å². The highest BCUT2D eigenvalue weighted by molar-refractivity contribution is 5.50. The number of aromatic nitrogens is 2. The molecule has 8 heteroatoms. The van der Waals surface area contributed by atoms with Gasteiger partial charge in [0, 0.05) is 18.5 Å². The Labute approximate surface area is 115 Å². The molecule has 0 amide bonds. The highest BCUT2D eigenvalue weighted by Gasteiger charge is 2.39. The van der Waals surface area contributed by atoms with Gasteiger partial charge in [-0.05, 0) is 19.3 Å². The number of alkyl halides is 3. The van der Waals surface area contributed by atoms with Crippen molar-refractivity contribution in [2.45, 2.75) is 44.8 Å². The number of hydrogen-bond acceptors (Lipinski definition) is 5. The average Bonchev–Trinajstić information content (AvgIpc) is 3.19. The van der Waals surface area contributed by atoms with Crippen LogP contribution in [-0.2, 0) is 6.42 Å². The van der Waals surface area contributed by atoms with Crippen molar-refractivity contribution < 1.29 is 13.2 Å². The number of nitrogen functional groups attached to an aromatic ring is 1. The Hall–Kier alpha value is -1.57. The van der Waals surface area contributed by atoms with E-state index in [0.717, 1.165) is 19.3 Å². The fraction of sp³-hybridized carbons (Fsp3) is 0.667. The second-order valence-electron chi connectivity index (χ2n) is 4.90. The first-order valence-corrected chi connectivity index (χ1v) is 6.61. The summed E-state index contributed by atoms with van der Waals surface area (Å²) in [4.78, 5) is 9.67. The van der Waals surface area contributed by atoms with Crippen molar-refractivity contribution >= 4 is 11.6 Å². The Balaban J connectivity index is 2.29. The van der Waals surface area contributed by atoms with E-state index in [4.69, 9.17) is 5.84 Å². The van der Waals surface area contributed by atoms with Gasteiger partial charge in [-0.15, -0.1) is 0 Å². The molecule has 0 spiro atoms. The number of nitrogens with one attached hydrogen (secondary N) is 1. The number of nitrogens with zero attached hydrogens (tertiary/aromatic N) is 3. The third kappa shape index (κ3) is 3.96. The summed E-state index contributed by atoms with van der Waals surface area (Å²) in [6.07, 6.45) is -1.32. The van der Waals surface area contributed by atoms with E-state index in [1.165, 1.54) is 11.0 Å². The monoisotopic (exact) mass is 289 g/mol. The van der Waals surface area contributed by atoms with E-state index in [9.17, 15) is 13.2 Å². The molecule has 1 aromatic heterocycles. The molecule has 1 fully saturated rings. The maximum Gasteiger partial charge on any atom is 0.405 e. The molecule has 0 aliphatic heterocycles. The van der Waals surface area contributed by atoms with E-state index < -0.39 is 12.7 Å². The molecule has 0 aromatic carbocycles. The van der Waals surface area contributed by atoms with Crippen LogP contribution in [0.4, 0.5) is 24.8 Å². The lowest BCUT2D eigenvalue weighted by atomic mass is 10.3. The van der Waals surface area contributed by atoms with Gasteiger partial charge in [-0.3, -0.25) is 0 Å². The van der Waals surface area contributed by atoms with Gasteiger partial charge in [0.1, 0.15) is 24.0 Å². The zero-order valence-corrected chi connectivity index (χ0v) is 11.2. The SMILES string of the molecule is CCCc1nc(NN)cc(N(CC(F)(F)F)C2CC2)n1. The molecule has 1 aliphatic rings. The summed E-state index contributed by atoms with van der Waals surface area (Å²) in [5.41, 5.74) is 2.38. The number of rotatable bonds is 6. The molecule has 1 aliphatic carbocycles. The smallest absolute Gasteiger partial charge is 0.344 e. The fourth-order valence-corrected chi connectivity index (χ4v) is 2.02. The second kappa shape index (κ2) is 5.82. The van der Waals surface area contributed by atoms with Crippen LogP contribution in [0.25, 0.3) is 0 Å². The highest BCUT2D eigenvalue weighted by atomic mass is 19.4. The summed E-state index contributed by atoms with van der Waals surface area (Å²) < 4.78 is 38.1. The van der Waals surface area contributed by atoms with Gasteiger partial charge in [0.05, 0.1) is 0 Å². The fourth-order valence-electron chi connectivity index (χ4n) is 2.02. The summed E-state index contributed by atoms with van der Waals surface area (Å²) in [6, 6.07) is 1.37. The number of nitrogens with two attached hydrogens (primary N) is 1. The first kappa shape index (κ1) is 14.8. The Morgan fingerprint density at radius 1 is 1.40 bits per heavy atom. The van der Waals surface area contributed by atoms with Crippen LogP contribution in [0.15, 0.2) is 6.07 Å². The molecule has 0 atom stereocenters. The van der Waals surface area contributed by atoms with Crippen LogP contribution in [0.1, 0.15) is 32.0 Å². The third-order valence-electron chi connectivity index (χ3n) is 3.01. The van der Waals surface area contributed by atoms with Gasteiger partial charge in [0.25, 0.3) is 0 Å². The molecule has 112 valence electrons. The molecule has 0 bridgehead atoms. The third-order valence-corrected chi connectivity index (χ3v) is 3.01. The largest absolute Gasteiger partial charge is 0.405 e. The maximum atomic E-state index is 12.7. The Kier molecular flexibility index (Phi) is 4.32. The molecule has 1 saturated carbocycles. The predicted molar refractivity (Wildman–Crippen MR) is 70.3 cm³/mol. The molecule has 1 aromatic rings. The molecule has 3 N–H and O–H groups in total. The number of halogens is 3. The standard InChI is InChI=1S/C12H18F3N5/c1-2-3-9-17-10(19-16)6-11(18-9)20(8-4-5-8)7-12(13,14)15/h6,8H,2-5,7,16H2,1H3,(H,17,18,19). The van der Waals surface area contributed by atoms with Gasteiger partial charge in [-0.25, -0.2) is 15.8 Å². The summed E-state index contributed by atoms with van der Waals surface area (Å²) in [6.45, 7) is 0.963. The van der Waals surface area contributed by atoms with E-state index >= 15 is 0 Å². The van der Waals surface area contributed by atoms with Crippen molar-refractivity contribution in [3.8, 4) is 0 Å². The van der Waals surface area contributed by atoms with Crippen LogP contribution >= 0.6 is 0 Å². The summed E-state index contributed by atoms with van der Waals surface area (Å²) in [5, 5.41) is 0. The second-order valence-corrected chi connectivity index (χ2v) is 4.90. The highest BCUT2D eigenvalue weighted by Crippen LogP contribution is 2.34. The molecule has 2 rings (SSSR count). The topological polar surface area (TPSA) is 67.1 Å². The first-order chi connectivity index (χ1) is 9.43. The van der Waals surface area contributed by atoms with Crippen LogP contribution in [0.2, 0.25) is 0 Å². The minimum absolute atomic E-state index is 0.0911. The number of hydrogen-bond donors (Lipinski definition) is 2. The van der Waals surface area contributed by atoms with Crippen molar-refractivity contribution in [3.63, 3.8) is 0 Å². The Morgan fingerprint density at radius 2 is 2.10 bits per heavy atom. The van der Waals surface area contributed by atoms with E-state index in [0.29, 0.717) is 18.1 Å². The van der Waals surface area contributed by atoms with Gasteiger partial charge in [0.2, 0.25) is 0 Å². The lowest BCUT2D eigenvalue weighted by Crippen LogP contribution is -2.36. The summed E-state index contributed by atoms with van der Waals surface area (Å²) >= 11 is 0. The van der Waals surface area contributed by atoms with Crippen molar-refractivity contribution in [2.24, 2.45) is 5.84 Å². The zero-order valence-electron chi connectivity index (χ0n) is 11.2. The van der Waals surface area contributed by atoms with Crippen LogP contribution in [0, 0.1) is 0 Å². The first-order valence-electron chi connectivity index (χ1n) is 6.61. The van der Waals surface area contributed by atoms with Gasteiger partial charge >= 0.3 is 6.18 Å². The van der Waals surface area contributed by atoms with Crippen molar-refractivity contribution in [3.05, 3.63) is 11.9 Å². The minimum Gasteiger partial charge on any atom is -0.344 e. The summed E-state index contributed by atoms with van der Waals surface area (Å²) in [5.74, 6) is 6.45. The number of hydrazine groups is 1. The summed E-state index contributed by atoms with van der Waals surface area (Å²) in [7, 11) is 0. The number of aryl methyl sites for hydroxylation is 1. The zero-order chi connectivity index (χ0) is 14.8. The van der Waals surface area contributed by atoms with E-state index in [1.54, 1.807) is 0 Å². The van der Waals surface area contributed by atoms with E-state index in [-0.39, 0.29) is 11.9 Å². The molecule has 1 heterocycles. The molecule has 0 unspecified atom stereocenters. The lowest BCUT2D eigenvalue weighted by molar-refractivity contribution is -0.120. The Morgan fingerprint density at radius 3 is 2.60 bits per heavy atom. The normalized spacial score (nSPS) is 15.2. The quantitative estimate of drug-likeness (QED) is 0.621. The lowest BCUT2D eigenvalue weighted by Gasteiger charge is -2.25.